The Hall–Kier alpha value is -0.650. The number of nitrogens with one attached hydrogen (secondary N) is 1. The summed E-state index contributed by atoms with van der Waals surface area (Å²) in [6.45, 7) is 7.74. The Morgan fingerprint density at radius 3 is 2.75 bits per heavy atom. The second-order valence-corrected chi connectivity index (χ2v) is 3.80. The molecule has 1 N–H and O–H groups in total. The molecule has 0 aromatic carbocycles. The van der Waals surface area contributed by atoms with Crippen molar-refractivity contribution in [2.75, 3.05) is 39.6 Å². The third-order valence-electron chi connectivity index (χ3n) is 2.74. The summed E-state index contributed by atoms with van der Waals surface area (Å²) in [7, 11) is 0. The SMILES string of the molecule is CCN(CC)C(=O)CNCC1CCOCO1. The molecule has 1 atom stereocenters. The molecule has 5 heteroatoms. The number of carbonyl (C=O) groups is 1. The van der Waals surface area contributed by atoms with Gasteiger partial charge >= 0.3 is 0 Å². The Labute approximate surface area is 97.1 Å². The van der Waals surface area contributed by atoms with Crippen molar-refractivity contribution in [3.8, 4) is 0 Å². The van der Waals surface area contributed by atoms with Gasteiger partial charge in [0.25, 0.3) is 0 Å². The van der Waals surface area contributed by atoms with Crippen LogP contribution in [0.4, 0.5) is 0 Å². The minimum absolute atomic E-state index is 0.150. The maximum absolute atomic E-state index is 11.6. The van der Waals surface area contributed by atoms with Crippen molar-refractivity contribution >= 4 is 5.91 Å². The first kappa shape index (κ1) is 13.4. The Bertz CT molecular complexity index is 201. The van der Waals surface area contributed by atoms with Crippen molar-refractivity contribution in [1.82, 2.24) is 10.2 Å². The van der Waals surface area contributed by atoms with E-state index in [1.54, 1.807) is 0 Å². The van der Waals surface area contributed by atoms with Gasteiger partial charge in [-0.05, 0) is 20.3 Å². The molecule has 1 rings (SSSR count). The molecule has 1 unspecified atom stereocenters. The van der Waals surface area contributed by atoms with Gasteiger partial charge < -0.3 is 19.7 Å². The Morgan fingerprint density at radius 1 is 1.44 bits per heavy atom. The smallest absolute Gasteiger partial charge is 0.236 e. The van der Waals surface area contributed by atoms with Gasteiger partial charge in [-0.3, -0.25) is 4.79 Å². The molecule has 1 amide bonds. The van der Waals surface area contributed by atoms with E-state index in [0.29, 0.717) is 13.3 Å². The van der Waals surface area contributed by atoms with E-state index >= 15 is 0 Å². The molecule has 0 aromatic heterocycles. The quantitative estimate of drug-likeness (QED) is 0.708. The van der Waals surface area contributed by atoms with Gasteiger partial charge in [-0.1, -0.05) is 0 Å². The molecule has 0 radical (unpaired) electrons. The molecule has 1 fully saturated rings. The lowest BCUT2D eigenvalue weighted by molar-refractivity contribution is -0.138. The fourth-order valence-electron chi connectivity index (χ4n) is 1.69. The van der Waals surface area contributed by atoms with Crippen molar-refractivity contribution < 1.29 is 14.3 Å². The molecule has 1 heterocycles. The lowest BCUT2D eigenvalue weighted by atomic mass is 10.2. The molecular formula is C11H22N2O3. The highest BCUT2D eigenvalue weighted by molar-refractivity contribution is 5.78. The first-order chi connectivity index (χ1) is 7.77. The van der Waals surface area contributed by atoms with E-state index in [0.717, 1.165) is 32.7 Å². The second-order valence-electron chi connectivity index (χ2n) is 3.80. The highest BCUT2D eigenvalue weighted by Gasteiger charge is 2.15. The van der Waals surface area contributed by atoms with Crippen LogP contribution in [0.3, 0.4) is 0 Å². The van der Waals surface area contributed by atoms with E-state index in [1.165, 1.54) is 0 Å². The number of likely N-dealkylation sites (N-methyl/N-ethyl adjacent to an activating group) is 1. The standard InChI is InChI=1S/C11H22N2O3/c1-3-13(4-2)11(14)8-12-7-10-5-6-15-9-16-10/h10,12H,3-9H2,1-2H3. The summed E-state index contributed by atoms with van der Waals surface area (Å²) >= 11 is 0. The average molecular weight is 230 g/mol. The summed E-state index contributed by atoms with van der Waals surface area (Å²) < 4.78 is 10.4. The van der Waals surface area contributed by atoms with Gasteiger partial charge in [-0.25, -0.2) is 0 Å². The lowest BCUT2D eigenvalue weighted by Crippen LogP contribution is -2.41. The minimum atomic E-state index is 0.150. The van der Waals surface area contributed by atoms with E-state index in [-0.39, 0.29) is 12.0 Å². The molecule has 5 nitrogen and oxygen atoms in total. The highest BCUT2D eigenvalue weighted by Crippen LogP contribution is 2.04. The summed E-state index contributed by atoms with van der Waals surface area (Å²) in [6, 6.07) is 0. The predicted octanol–water partition coefficient (Wildman–Crippen LogP) is 0.207. The molecule has 16 heavy (non-hydrogen) atoms. The van der Waals surface area contributed by atoms with Crippen molar-refractivity contribution in [2.45, 2.75) is 26.4 Å². The highest BCUT2D eigenvalue weighted by atomic mass is 16.7. The maximum Gasteiger partial charge on any atom is 0.236 e. The van der Waals surface area contributed by atoms with Crippen LogP contribution in [0.2, 0.25) is 0 Å². The van der Waals surface area contributed by atoms with Crippen LogP contribution in [0.1, 0.15) is 20.3 Å². The van der Waals surface area contributed by atoms with Crippen LogP contribution in [0, 0.1) is 0 Å². The number of hydrogen-bond donors (Lipinski definition) is 1. The number of ether oxygens (including phenoxy) is 2. The minimum Gasteiger partial charge on any atom is -0.355 e. The molecule has 1 aliphatic rings. The van der Waals surface area contributed by atoms with Gasteiger partial charge in [0, 0.05) is 19.6 Å². The van der Waals surface area contributed by atoms with Crippen LogP contribution in [0.15, 0.2) is 0 Å². The molecule has 0 spiro atoms. The molecule has 0 saturated carbocycles. The summed E-state index contributed by atoms with van der Waals surface area (Å²) in [5.41, 5.74) is 0. The van der Waals surface area contributed by atoms with Crippen molar-refractivity contribution in [3.05, 3.63) is 0 Å². The molecule has 94 valence electrons. The maximum atomic E-state index is 11.6. The van der Waals surface area contributed by atoms with E-state index in [2.05, 4.69) is 5.32 Å². The molecule has 0 aliphatic carbocycles. The fourth-order valence-corrected chi connectivity index (χ4v) is 1.69. The Balaban J connectivity index is 2.11. The lowest BCUT2D eigenvalue weighted by Gasteiger charge is -2.24. The zero-order chi connectivity index (χ0) is 11.8. The van der Waals surface area contributed by atoms with Gasteiger partial charge in [0.1, 0.15) is 6.79 Å². The summed E-state index contributed by atoms with van der Waals surface area (Å²) in [4.78, 5) is 13.5. The zero-order valence-corrected chi connectivity index (χ0v) is 10.2. The number of amides is 1. The number of carbonyl (C=O) groups excluding carboxylic acids is 1. The van der Waals surface area contributed by atoms with Crippen LogP contribution in [0.25, 0.3) is 0 Å². The van der Waals surface area contributed by atoms with E-state index < -0.39 is 0 Å². The fraction of sp³-hybridized carbons (Fsp3) is 0.909. The van der Waals surface area contributed by atoms with Gasteiger partial charge in [0.15, 0.2) is 0 Å². The molecule has 1 aliphatic heterocycles. The van der Waals surface area contributed by atoms with Crippen LogP contribution in [0.5, 0.6) is 0 Å². The van der Waals surface area contributed by atoms with Crippen LogP contribution in [-0.4, -0.2) is 56.5 Å². The monoisotopic (exact) mass is 230 g/mol. The molecule has 0 bridgehead atoms. The predicted molar refractivity (Wildman–Crippen MR) is 61.1 cm³/mol. The summed E-state index contributed by atoms with van der Waals surface area (Å²) in [6.07, 6.45) is 1.07. The summed E-state index contributed by atoms with van der Waals surface area (Å²) in [5.74, 6) is 0.150. The van der Waals surface area contributed by atoms with E-state index in [1.807, 2.05) is 18.7 Å². The number of rotatable bonds is 6. The Kier molecular flexibility index (Phi) is 6.37. The van der Waals surface area contributed by atoms with Gasteiger partial charge in [0.2, 0.25) is 5.91 Å². The first-order valence-electron chi connectivity index (χ1n) is 5.95. The third kappa shape index (κ3) is 4.47. The Morgan fingerprint density at radius 2 is 2.19 bits per heavy atom. The average Bonchev–Trinajstić information content (AvgIpc) is 2.32. The van der Waals surface area contributed by atoms with Crippen molar-refractivity contribution in [1.29, 1.82) is 0 Å². The summed E-state index contributed by atoms with van der Waals surface area (Å²) in [5, 5.41) is 3.13. The molecule has 1 saturated heterocycles. The van der Waals surface area contributed by atoms with Crippen LogP contribution in [-0.2, 0) is 14.3 Å². The van der Waals surface area contributed by atoms with Gasteiger partial charge in [-0.2, -0.15) is 0 Å². The molecule has 0 aromatic rings. The van der Waals surface area contributed by atoms with Crippen molar-refractivity contribution in [3.63, 3.8) is 0 Å². The topological polar surface area (TPSA) is 50.8 Å². The van der Waals surface area contributed by atoms with E-state index in [9.17, 15) is 4.79 Å². The zero-order valence-electron chi connectivity index (χ0n) is 10.2. The van der Waals surface area contributed by atoms with Gasteiger partial charge in [-0.15, -0.1) is 0 Å². The first-order valence-corrected chi connectivity index (χ1v) is 5.95. The van der Waals surface area contributed by atoms with Crippen LogP contribution < -0.4 is 5.32 Å². The third-order valence-corrected chi connectivity index (χ3v) is 2.74. The largest absolute Gasteiger partial charge is 0.355 e. The van der Waals surface area contributed by atoms with Gasteiger partial charge in [0.05, 0.1) is 19.3 Å². The van der Waals surface area contributed by atoms with Crippen LogP contribution >= 0.6 is 0 Å². The van der Waals surface area contributed by atoms with Crippen molar-refractivity contribution in [2.24, 2.45) is 0 Å². The van der Waals surface area contributed by atoms with E-state index in [4.69, 9.17) is 9.47 Å². The number of hydrogen-bond acceptors (Lipinski definition) is 4. The normalized spacial score (nSPS) is 20.8. The second kappa shape index (κ2) is 7.60. The number of nitrogens with zero attached hydrogens (tertiary/aromatic N) is 1. The molecular weight excluding hydrogens is 208 g/mol.